The molecule has 0 aliphatic rings. The maximum absolute atomic E-state index is 10.5. The van der Waals surface area contributed by atoms with Gasteiger partial charge in [0.1, 0.15) is 16.7 Å². The van der Waals surface area contributed by atoms with Gasteiger partial charge in [-0.3, -0.25) is 60.7 Å². The van der Waals surface area contributed by atoms with Crippen LogP contribution in [0.1, 0.15) is 31.1 Å². The van der Waals surface area contributed by atoms with Crippen molar-refractivity contribution in [3.63, 3.8) is 0 Å². The molecule has 0 heterocycles. The van der Waals surface area contributed by atoms with Crippen LogP contribution < -0.4 is 0 Å². The van der Waals surface area contributed by atoms with E-state index < -0.39 is 98.3 Å². The van der Waals surface area contributed by atoms with E-state index in [2.05, 4.69) is 0 Å². The maximum atomic E-state index is 10.5. The van der Waals surface area contributed by atoms with E-state index in [9.17, 15) is 75.1 Å². The summed E-state index contributed by atoms with van der Waals surface area (Å²) in [4.78, 5) is 88.3. The quantitative estimate of drug-likeness (QED) is 0.205. The number of carboxylic acids is 3. The van der Waals surface area contributed by atoms with Crippen molar-refractivity contribution in [1.82, 2.24) is 0 Å². The number of carboxylic acid groups (broad SMARTS) is 3. The molecule has 0 aliphatic heterocycles. The molecule has 0 aromatic heterocycles. The van der Waals surface area contributed by atoms with Crippen LogP contribution in [0.25, 0.3) is 0 Å². The molecule has 25 heteroatoms. The molecule has 3 N–H and O–H groups in total. The van der Waals surface area contributed by atoms with Crippen LogP contribution in [0.3, 0.4) is 0 Å². The van der Waals surface area contributed by atoms with Crippen LogP contribution in [-0.4, -0.2) is 62.8 Å². The summed E-state index contributed by atoms with van der Waals surface area (Å²) in [6, 6.07) is 7.04. The zero-order valence-corrected chi connectivity index (χ0v) is 23.7. The third kappa shape index (κ3) is 10.8. The van der Waals surface area contributed by atoms with Crippen molar-refractivity contribution in [2.24, 2.45) is 0 Å². The Labute approximate surface area is 280 Å². The van der Waals surface area contributed by atoms with Gasteiger partial charge in [-0.2, -0.15) is 0 Å². The van der Waals surface area contributed by atoms with E-state index in [-0.39, 0.29) is 38.2 Å². The molecule has 24 nitrogen and oxygen atoms in total. The Morgan fingerprint density at radius 2 is 0.609 bits per heavy atom. The Bertz CT molecular complexity index is 1570. The first kappa shape index (κ1) is 39.7. The Morgan fingerprint density at radius 3 is 0.739 bits per heavy atom. The molecule has 0 radical (unpaired) electrons. The van der Waals surface area contributed by atoms with Gasteiger partial charge >= 0.3 is 17.9 Å². The van der Waals surface area contributed by atoms with Crippen molar-refractivity contribution in [3.05, 3.63) is 132 Å². The number of rotatable bonds is 9. The van der Waals surface area contributed by atoms with E-state index in [1.165, 1.54) is 0 Å². The van der Waals surface area contributed by atoms with Crippen LogP contribution in [0.4, 0.5) is 34.1 Å². The molecule has 0 unspecified atom stereocenters. The van der Waals surface area contributed by atoms with Crippen molar-refractivity contribution >= 4 is 52.0 Å². The summed E-state index contributed by atoms with van der Waals surface area (Å²) in [5, 5.41) is 87.8. The third-order valence-electron chi connectivity index (χ3n) is 4.86. The molecule has 0 bridgehead atoms. The van der Waals surface area contributed by atoms with Gasteiger partial charge in [0.2, 0.25) is 0 Å². The second-order valence-electron chi connectivity index (χ2n) is 7.56. The second kappa shape index (κ2) is 17.1. The van der Waals surface area contributed by atoms with Crippen molar-refractivity contribution in [1.29, 1.82) is 0 Å². The van der Waals surface area contributed by atoms with E-state index in [0.29, 0.717) is 18.2 Å². The summed E-state index contributed by atoms with van der Waals surface area (Å²) in [5.41, 5.74) is -5.68. The van der Waals surface area contributed by atoms with Crippen LogP contribution in [0.2, 0.25) is 0 Å². The zero-order valence-electron chi connectivity index (χ0n) is 21.7. The molecule has 0 saturated carbocycles. The van der Waals surface area contributed by atoms with Crippen LogP contribution in [0.5, 0.6) is 0 Å². The van der Waals surface area contributed by atoms with Crippen molar-refractivity contribution < 1.29 is 97.4 Å². The van der Waals surface area contributed by atoms with Gasteiger partial charge in [-0.1, -0.05) is 0 Å². The Morgan fingerprint density at radius 1 is 0.413 bits per heavy atom. The summed E-state index contributed by atoms with van der Waals surface area (Å²) >= 11 is 0. The number of nitrogens with zero attached hydrogens (tertiary/aromatic N) is 6. The molecule has 0 fully saturated rings. The average Bonchev–Trinajstić information content (AvgIpc) is 2.96. The molecular weight excluding hydrogens is 787 g/mol. The molecule has 0 atom stereocenters. The van der Waals surface area contributed by atoms with Gasteiger partial charge in [0.05, 0.1) is 47.7 Å². The monoisotopic (exact) mass is 800 g/mol. The number of hydrogen-bond donors (Lipinski definition) is 3. The first-order valence-corrected chi connectivity index (χ1v) is 10.8. The van der Waals surface area contributed by atoms with Crippen LogP contribution in [0, 0.1) is 98.9 Å². The third-order valence-corrected chi connectivity index (χ3v) is 4.86. The number of carbonyl (C=O) groups is 3. The van der Waals surface area contributed by atoms with Crippen molar-refractivity contribution in [2.45, 2.75) is 0 Å². The van der Waals surface area contributed by atoms with Gasteiger partial charge in [-0.25, -0.2) is 14.4 Å². The topological polar surface area (TPSA) is 371 Å². The minimum Gasteiger partial charge on any atom is -0.477 e. The maximum Gasteiger partial charge on any atom is 0.342 e. The minimum absolute atomic E-state index is 0. The summed E-state index contributed by atoms with van der Waals surface area (Å²) in [6.07, 6.45) is 0. The van der Waals surface area contributed by atoms with E-state index in [1.54, 1.807) is 0 Å². The molecule has 0 aliphatic carbocycles. The van der Waals surface area contributed by atoms with Gasteiger partial charge in [-0.15, -0.1) is 0 Å². The summed E-state index contributed by atoms with van der Waals surface area (Å²) in [5.74, 6) is -4.51. The van der Waals surface area contributed by atoms with Crippen molar-refractivity contribution in [3.8, 4) is 0 Å². The fourth-order valence-corrected chi connectivity index (χ4v) is 2.90. The summed E-state index contributed by atoms with van der Waals surface area (Å²) in [6.45, 7) is 0. The molecule has 3 aromatic carbocycles. The van der Waals surface area contributed by atoms with E-state index in [0.717, 1.165) is 36.4 Å². The zero-order chi connectivity index (χ0) is 34.8. The van der Waals surface area contributed by atoms with Gasteiger partial charge in [0.15, 0.2) is 0 Å². The summed E-state index contributed by atoms with van der Waals surface area (Å²) in [7, 11) is 0. The molecule has 3 aromatic rings. The number of hydrogen-bond acceptors (Lipinski definition) is 15. The number of benzene rings is 3. The van der Waals surface area contributed by atoms with E-state index in [4.69, 9.17) is 15.3 Å². The molecule has 0 spiro atoms. The van der Waals surface area contributed by atoms with Crippen molar-refractivity contribution in [2.75, 3.05) is 0 Å². The Kier molecular flexibility index (Phi) is 14.8. The van der Waals surface area contributed by atoms with Gasteiger partial charge < -0.3 is 15.3 Å². The molecule has 46 heavy (non-hydrogen) atoms. The molecule has 0 amide bonds. The number of aromatic carboxylic acids is 3. The van der Waals surface area contributed by atoms with Crippen LogP contribution in [0.15, 0.2) is 54.6 Å². The average molecular weight is 799 g/mol. The smallest absolute Gasteiger partial charge is 0.342 e. The fourth-order valence-electron chi connectivity index (χ4n) is 2.90. The fraction of sp³-hybridized carbons (Fsp3) is 0. The first-order valence-electron chi connectivity index (χ1n) is 10.8. The number of nitro benzene ring substituents is 6. The standard InChI is InChI=1S/3C7H4N2O6.Dy/c3*10-7(11)5-2-1-4(8(12)13)3-6(5)9(14)15;/h3*1-3H,(H,10,11);. The summed E-state index contributed by atoms with van der Waals surface area (Å²) < 4.78 is 0. The first-order chi connectivity index (χ1) is 20.8. The number of nitro groups is 6. The Hall–Kier alpha value is -6.26. The van der Waals surface area contributed by atoms with E-state index in [1.807, 2.05) is 0 Å². The molecule has 0 saturated heterocycles. The van der Waals surface area contributed by atoms with Gasteiger partial charge in [0.25, 0.3) is 34.1 Å². The van der Waals surface area contributed by atoms with Gasteiger partial charge in [0, 0.05) is 56.4 Å². The second-order valence-corrected chi connectivity index (χ2v) is 7.56. The number of non-ortho nitro benzene ring substituents is 3. The van der Waals surface area contributed by atoms with Gasteiger partial charge in [-0.05, 0) is 18.2 Å². The predicted octanol–water partition coefficient (Wildman–Crippen LogP) is 3.60. The molecular formula is C21H12DyN6O18. The largest absolute Gasteiger partial charge is 0.477 e. The predicted molar refractivity (Wildman–Crippen MR) is 140 cm³/mol. The van der Waals surface area contributed by atoms with Crippen LogP contribution >= 0.6 is 0 Å². The molecule has 3 rings (SSSR count). The van der Waals surface area contributed by atoms with E-state index >= 15 is 0 Å². The normalized spacial score (nSPS) is 9.39. The van der Waals surface area contributed by atoms with Crippen LogP contribution in [-0.2, 0) is 0 Å². The SMILES string of the molecule is O=C(O)c1ccc([N+](=O)[O-])cc1[N+](=O)[O-].O=C(O)c1ccc([N+](=O)[O-])cc1[N+](=O)[O-].O=C(O)c1ccc([N+](=O)[O-])cc1[N+](=O)[O-].[Dy]. The molecule has 244 valence electrons. The minimum atomic E-state index is -1.50. The Balaban J connectivity index is 0.000000653.